The molecule has 0 aliphatic rings. The van der Waals surface area contributed by atoms with Crippen LogP contribution in [-0.2, 0) is 6.54 Å². The Morgan fingerprint density at radius 3 is 2.57 bits per heavy atom. The van der Waals surface area contributed by atoms with Gasteiger partial charge in [0.25, 0.3) is 5.91 Å². The fourth-order valence-corrected chi connectivity index (χ4v) is 1.81. The molecular formula is C15H16N4O2. The summed E-state index contributed by atoms with van der Waals surface area (Å²) in [6.45, 7) is 2.38. The zero-order valence-electron chi connectivity index (χ0n) is 11.6. The molecule has 1 aromatic heterocycles. The first kappa shape index (κ1) is 14.5. The topological polar surface area (TPSA) is 101 Å². The molecule has 2 rings (SSSR count). The van der Waals surface area contributed by atoms with Crippen LogP contribution in [0.5, 0.6) is 0 Å². The van der Waals surface area contributed by atoms with Gasteiger partial charge in [-0.1, -0.05) is 17.3 Å². The van der Waals surface area contributed by atoms with Crippen LogP contribution in [0.15, 0.2) is 47.9 Å². The Bertz CT molecular complexity index is 666. The smallest absolute Gasteiger partial charge is 0.251 e. The first-order chi connectivity index (χ1) is 10.1. The van der Waals surface area contributed by atoms with E-state index < -0.39 is 0 Å². The minimum atomic E-state index is -0.190. The lowest BCUT2D eigenvalue weighted by Crippen LogP contribution is -2.23. The van der Waals surface area contributed by atoms with Gasteiger partial charge in [0.1, 0.15) is 0 Å². The van der Waals surface area contributed by atoms with E-state index in [-0.39, 0.29) is 11.7 Å². The summed E-state index contributed by atoms with van der Waals surface area (Å²) in [5.41, 5.74) is 8.57. The number of oxime groups is 1. The van der Waals surface area contributed by atoms with Crippen LogP contribution < -0.4 is 11.1 Å². The van der Waals surface area contributed by atoms with Gasteiger partial charge in [-0.15, -0.1) is 0 Å². The zero-order chi connectivity index (χ0) is 15.2. The number of carbonyl (C=O) groups is 1. The molecule has 6 nitrogen and oxygen atoms in total. The molecule has 0 unspecified atom stereocenters. The van der Waals surface area contributed by atoms with Crippen LogP contribution >= 0.6 is 0 Å². The largest absolute Gasteiger partial charge is 0.409 e. The molecule has 1 amide bonds. The Balaban J connectivity index is 2.02. The van der Waals surface area contributed by atoms with Gasteiger partial charge in [0.2, 0.25) is 0 Å². The molecule has 2 aromatic rings. The van der Waals surface area contributed by atoms with Crippen molar-refractivity contribution in [3.63, 3.8) is 0 Å². The van der Waals surface area contributed by atoms with Crippen molar-refractivity contribution in [3.05, 3.63) is 65.0 Å². The number of hydrogen-bond donors (Lipinski definition) is 3. The minimum Gasteiger partial charge on any atom is -0.409 e. The van der Waals surface area contributed by atoms with Gasteiger partial charge in [-0.2, -0.15) is 0 Å². The number of nitrogens with zero attached hydrogens (tertiary/aromatic N) is 2. The summed E-state index contributed by atoms with van der Waals surface area (Å²) < 4.78 is 0. The predicted molar refractivity (Wildman–Crippen MR) is 79.1 cm³/mol. The van der Waals surface area contributed by atoms with Crippen molar-refractivity contribution in [2.75, 3.05) is 0 Å². The Morgan fingerprint density at radius 2 is 1.95 bits per heavy atom. The molecule has 1 aromatic carbocycles. The molecule has 0 spiro atoms. The molecule has 0 saturated heterocycles. The lowest BCUT2D eigenvalue weighted by Gasteiger charge is -2.08. The number of aryl methyl sites for hydroxylation is 1. The maximum absolute atomic E-state index is 12.0. The lowest BCUT2D eigenvalue weighted by atomic mass is 10.1. The average molecular weight is 284 g/mol. The van der Waals surface area contributed by atoms with Gasteiger partial charge < -0.3 is 16.3 Å². The second kappa shape index (κ2) is 6.51. The number of carbonyl (C=O) groups excluding carboxylic acids is 1. The zero-order valence-corrected chi connectivity index (χ0v) is 11.6. The van der Waals surface area contributed by atoms with Gasteiger partial charge in [-0.25, -0.2) is 0 Å². The third-order valence-corrected chi connectivity index (χ3v) is 3.14. The quantitative estimate of drug-likeness (QED) is 0.342. The van der Waals surface area contributed by atoms with E-state index in [1.807, 2.05) is 13.0 Å². The first-order valence-electron chi connectivity index (χ1n) is 6.37. The fourth-order valence-electron chi connectivity index (χ4n) is 1.81. The second-order valence-corrected chi connectivity index (χ2v) is 4.55. The molecular weight excluding hydrogens is 268 g/mol. The number of rotatable bonds is 4. The average Bonchev–Trinajstić information content (AvgIpc) is 2.53. The number of nitrogens with two attached hydrogens (primary N) is 1. The highest BCUT2D eigenvalue weighted by Crippen LogP contribution is 2.07. The van der Waals surface area contributed by atoms with Crippen molar-refractivity contribution in [2.24, 2.45) is 10.9 Å². The maximum Gasteiger partial charge on any atom is 0.251 e. The van der Waals surface area contributed by atoms with Crippen molar-refractivity contribution in [1.82, 2.24) is 10.3 Å². The summed E-state index contributed by atoms with van der Waals surface area (Å²) in [6.07, 6.45) is 3.45. The Morgan fingerprint density at radius 1 is 1.29 bits per heavy atom. The fraction of sp³-hybridized carbons (Fsp3) is 0.133. The van der Waals surface area contributed by atoms with E-state index in [1.165, 1.54) is 0 Å². The first-order valence-corrected chi connectivity index (χ1v) is 6.37. The molecule has 0 atom stereocenters. The van der Waals surface area contributed by atoms with E-state index in [1.54, 1.807) is 36.7 Å². The molecule has 0 saturated carbocycles. The van der Waals surface area contributed by atoms with Gasteiger partial charge in [0.05, 0.1) is 0 Å². The highest BCUT2D eigenvalue weighted by molar-refractivity contribution is 5.99. The number of nitrogens with one attached hydrogen (secondary N) is 1. The number of benzene rings is 1. The van der Waals surface area contributed by atoms with E-state index in [4.69, 9.17) is 10.9 Å². The highest BCUT2D eigenvalue weighted by atomic mass is 16.4. The van der Waals surface area contributed by atoms with E-state index in [9.17, 15) is 4.79 Å². The minimum absolute atomic E-state index is 0.00735. The van der Waals surface area contributed by atoms with Crippen LogP contribution in [0.25, 0.3) is 0 Å². The van der Waals surface area contributed by atoms with E-state index in [0.29, 0.717) is 17.7 Å². The summed E-state index contributed by atoms with van der Waals surface area (Å²) in [6, 6.07) is 8.39. The summed E-state index contributed by atoms with van der Waals surface area (Å²) in [5, 5.41) is 14.3. The van der Waals surface area contributed by atoms with Crippen molar-refractivity contribution in [1.29, 1.82) is 0 Å². The predicted octanol–water partition coefficient (Wildman–Crippen LogP) is 1.41. The van der Waals surface area contributed by atoms with Gasteiger partial charge in [0.15, 0.2) is 5.84 Å². The molecule has 0 bridgehead atoms. The molecule has 6 heteroatoms. The molecule has 4 N–H and O–H groups in total. The van der Waals surface area contributed by atoms with Gasteiger partial charge >= 0.3 is 0 Å². The molecule has 0 aliphatic heterocycles. The third-order valence-electron chi connectivity index (χ3n) is 3.14. The summed E-state index contributed by atoms with van der Waals surface area (Å²) >= 11 is 0. The number of amidine groups is 1. The van der Waals surface area contributed by atoms with E-state index in [2.05, 4.69) is 15.5 Å². The number of amides is 1. The van der Waals surface area contributed by atoms with Crippen LogP contribution in [0.3, 0.4) is 0 Å². The molecule has 0 radical (unpaired) electrons. The van der Waals surface area contributed by atoms with Crippen LogP contribution in [0.1, 0.15) is 27.0 Å². The second-order valence-electron chi connectivity index (χ2n) is 4.55. The van der Waals surface area contributed by atoms with Gasteiger partial charge in [-0.3, -0.25) is 9.78 Å². The van der Waals surface area contributed by atoms with Crippen LogP contribution in [-0.4, -0.2) is 21.9 Å². The van der Waals surface area contributed by atoms with Gasteiger partial charge in [-0.05, 0) is 36.2 Å². The standard InChI is InChI=1S/C15H16N4O2/c1-10-6-7-17-8-13(10)9-18-15(20)12-4-2-11(3-5-12)14(16)19-21/h2-8,21H,9H2,1H3,(H2,16,19)(H,18,20). The molecule has 108 valence electrons. The molecule has 0 fully saturated rings. The van der Waals surface area contributed by atoms with Crippen molar-refractivity contribution in [3.8, 4) is 0 Å². The van der Waals surface area contributed by atoms with Crippen LogP contribution in [0.2, 0.25) is 0 Å². The summed E-state index contributed by atoms with van der Waals surface area (Å²) in [7, 11) is 0. The number of hydrogen-bond acceptors (Lipinski definition) is 4. The maximum atomic E-state index is 12.0. The number of pyridine rings is 1. The van der Waals surface area contributed by atoms with E-state index >= 15 is 0 Å². The number of aromatic nitrogens is 1. The van der Waals surface area contributed by atoms with E-state index in [0.717, 1.165) is 11.1 Å². The van der Waals surface area contributed by atoms with Crippen molar-refractivity contribution >= 4 is 11.7 Å². The molecule has 1 heterocycles. The Labute approximate surface area is 122 Å². The molecule has 0 aliphatic carbocycles. The normalized spacial score (nSPS) is 11.2. The van der Waals surface area contributed by atoms with Crippen LogP contribution in [0, 0.1) is 6.92 Å². The van der Waals surface area contributed by atoms with Crippen molar-refractivity contribution < 1.29 is 10.0 Å². The highest BCUT2D eigenvalue weighted by Gasteiger charge is 2.07. The molecule has 21 heavy (non-hydrogen) atoms. The summed E-state index contributed by atoms with van der Waals surface area (Å²) in [4.78, 5) is 16.1. The monoisotopic (exact) mass is 284 g/mol. The van der Waals surface area contributed by atoms with Gasteiger partial charge in [0, 0.05) is 30.1 Å². The Kier molecular flexibility index (Phi) is 4.50. The lowest BCUT2D eigenvalue weighted by molar-refractivity contribution is 0.0951. The van der Waals surface area contributed by atoms with Crippen LogP contribution in [0.4, 0.5) is 0 Å². The SMILES string of the molecule is Cc1ccncc1CNC(=O)c1ccc(/C(N)=N/O)cc1. The Hall–Kier alpha value is -2.89. The van der Waals surface area contributed by atoms with Crippen molar-refractivity contribution in [2.45, 2.75) is 13.5 Å². The third kappa shape index (κ3) is 3.56. The summed E-state index contributed by atoms with van der Waals surface area (Å²) in [5.74, 6) is -0.183.